The maximum atomic E-state index is 13.2. The zero-order chi connectivity index (χ0) is 24.0. The molecule has 2 aromatic rings. The largest absolute Gasteiger partial charge is 0.418 e. The Kier molecular flexibility index (Phi) is 8.17. The first-order valence-electron chi connectivity index (χ1n) is 10.3. The van der Waals surface area contributed by atoms with Crippen LogP contribution in [0.25, 0.3) is 0 Å². The third-order valence-electron chi connectivity index (χ3n) is 4.96. The molecule has 0 aliphatic carbocycles. The van der Waals surface area contributed by atoms with E-state index in [4.69, 9.17) is 16.3 Å². The molecule has 2 amide bonds. The molecule has 7 nitrogen and oxygen atoms in total. The highest BCUT2D eigenvalue weighted by Gasteiger charge is 2.34. The maximum absolute atomic E-state index is 13.2. The predicted molar refractivity (Wildman–Crippen MR) is 120 cm³/mol. The van der Waals surface area contributed by atoms with Crippen LogP contribution in [0.3, 0.4) is 0 Å². The Hall–Kier alpha value is -2.82. The van der Waals surface area contributed by atoms with Crippen molar-refractivity contribution >= 4 is 40.5 Å². The van der Waals surface area contributed by atoms with Gasteiger partial charge in [-0.1, -0.05) is 11.6 Å². The Morgan fingerprint density at radius 1 is 1.06 bits per heavy atom. The summed E-state index contributed by atoms with van der Waals surface area (Å²) in [5.74, 6) is -0.792. The molecule has 0 aromatic heterocycles. The lowest BCUT2D eigenvalue weighted by atomic mass is 10.1. The average molecular weight is 485 g/mol. The molecule has 1 unspecified atom stereocenters. The lowest BCUT2D eigenvalue weighted by molar-refractivity contribution is -0.137. The lowest BCUT2D eigenvalue weighted by Crippen LogP contribution is -2.41. The maximum Gasteiger partial charge on any atom is 0.418 e. The van der Waals surface area contributed by atoms with Crippen LogP contribution in [-0.4, -0.2) is 55.6 Å². The van der Waals surface area contributed by atoms with E-state index in [1.807, 2.05) is 4.90 Å². The highest BCUT2D eigenvalue weighted by Crippen LogP contribution is 2.36. The summed E-state index contributed by atoms with van der Waals surface area (Å²) in [7, 11) is 0. The van der Waals surface area contributed by atoms with Crippen molar-refractivity contribution < 1.29 is 27.5 Å². The van der Waals surface area contributed by atoms with E-state index in [1.54, 1.807) is 24.3 Å². The number of benzene rings is 2. The second-order valence-corrected chi connectivity index (χ2v) is 7.99. The normalized spacial score (nSPS) is 15.5. The molecule has 1 saturated heterocycles. The van der Waals surface area contributed by atoms with Crippen molar-refractivity contribution in [3.63, 3.8) is 0 Å². The minimum absolute atomic E-state index is 0.0800. The van der Waals surface area contributed by atoms with Gasteiger partial charge in [0.25, 0.3) is 0 Å². The molecule has 11 heteroatoms. The van der Waals surface area contributed by atoms with Gasteiger partial charge in [-0.25, -0.2) is 0 Å². The molecule has 0 spiro atoms. The van der Waals surface area contributed by atoms with Crippen LogP contribution in [-0.2, 0) is 20.5 Å². The second-order valence-electron chi connectivity index (χ2n) is 7.56. The number of amides is 2. The summed E-state index contributed by atoms with van der Waals surface area (Å²) >= 11 is 5.66. The van der Waals surface area contributed by atoms with Gasteiger partial charge in [-0.15, -0.1) is 0 Å². The molecule has 1 aliphatic rings. The van der Waals surface area contributed by atoms with Crippen LogP contribution in [0.2, 0.25) is 5.02 Å². The van der Waals surface area contributed by atoms with E-state index in [0.29, 0.717) is 37.7 Å². The van der Waals surface area contributed by atoms with Gasteiger partial charge in [0.15, 0.2) is 0 Å². The first-order chi connectivity index (χ1) is 15.6. The van der Waals surface area contributed by atoms with Gasteiger partial charge < -0.3 is 20.7 Å². The molecule has 33 heavy (non-hydrogen) atoms. The number of nitrogens with one attached hydrogen (secondary N) is 3. The summed E-state index contributed by atoms with van der Waals surface area (Å²) in [4.78, 5) is 26.6. The van der Waals surface area contributed by atoms with Crippen molar-refractivity contribution in [3.05, 3.63) is 53.1 Å². The average Bonchev–Trinajstić information content (AvgIpc) is 2.76. The van der Waals surface area contributed by atoms with Crippen LogP contribution in [0.5, 0.6) is 0 Å². The van der Waals surface area contributed by atoms with E-state index in [0.717, 1.165) is 12.1 Å². The fourth-order valence-electron chi connectivity index (χ4n) is 3.23. The Morgan fingerprint density at radius 3 is 2.33 bits per heavy atom. The standard InChI is InChI=1S/C22H24ClF3N4O3/c1-14(21(32)29-19-7-2-15(23)12-18(19)22(24,25)26)27-16-3-5-17(6-4-16)28-20(31)13-30-8-10-33-11-9-30/h2-7,12,14,27H,8-11,13H2,1H3,(H,28,31)(H,29,32). The second kappa shape index (κ2) is 10.9. The van der Waals surface area contributed by atoms with Crippen LogP contribution in [0.1, 0.15) is 12.5 Å². The molecule has 0 saturated carbocycles. The number of morpholine rings is 1. The van der Waals surface area contributed by atoms with Crippen LogP contribution in [0, 0.1) is 0 Å². The molecule has 3 N–H and O–H groups in total. The van der Waals surface area contributed by atoms with Gasteiger partial charge in [0.2, 0.25) is 11.8 Å². The van der Waals surface area contributed by atoms with E-state index in [-0.39, 0.29) is 23.2 Å². The van der Waals surface area contributed by atoms with Gasteiger partial charge in [0, 0.05) is 29.5 Å². The molecule has 178 valence electrons. The van der Waals surface area contributed by atoms with E-state index >= 15 is 0 Å². The molecule has 0 bridgehead atoms. The van der Waals surface area contributed by atoms with Gasteiger partial charge in [0.1, 0.15) is 6.04 Å². The zero-order valence-electron chi connectivity index (χ0n) is 17.8. The molecular weight excluding hydrogens is 461 g/mol. The van der Waals surface area contributed by atoms with Gasteiger partial charge >= 0.3 is 6.18 Å². The summed E-state index contributed by atoms with van der Waals surface area (Å²) in [6.07, 6.45) is -4.66. The highest BCUT2D eigenvalue weighted by atomic mass is 35.5. The molecule has 3 rings (SSSR count). The van der Waals surface area contributed by atoms with Crippen molar-refractivity contribution in [1.82, 2.24) is 4.90 Å². The quantitative estimate of drug-likeness (QED) is 0.552. The van der Waals surface area contributed by atoms with Crippen molar-refractivity contribution in [2.24, 2.45) is 0 Å². The van der Waals surface area contributed by atoms with Crippen LogP contribution >= 0.6 is 11.6 Å². The first-order valence-corrected chi connectivity index (χ1v) is 10.6. The van der Waals surface area contributed by atoms with E-state index in [2.05, 4.69) is 16.0 Å². The van der Waals surface area contributed by atoms with Crippen molar-refractivity contribution in [3.8, 4) is 0 Å². The molecule has 1 aliphatic heterocycles. The first kappa shape index (κ1) is 24.8. The number of carbonyl (C=O) groups is 2. The Bertz CT molecular complexity index is 980. The number of rotatable bonds is 7. The predicted octanol–water partition coefficient (Wildman–Crippen LogP) is 4.07. The van der Waals surface area contributed by atoms with Crippen LogP contribution in [0.4, 0.5) is 30.2 Å². The number of nitrogens with zero attached hydrogens (tertiary/aromatic N) is 1. The van der Waals surface area contributed by atoms with Gasteiger partial charge in [-0.3, -0.25) is 14.5 Å². The smallest absolute Gasteiger partial charge is 0.379 e. The number of hydrogen-bond donors (Lipinski definition) is 3. The summed E-state index contributed by atoms with van der Waals surface area (Å²) < 4.78 is 44.9. The number of alkyl halides is 3. The summed E-state index contributed by atoms with van der Waals surface area (Å²) in [5, 5.41) is 7.94. The zero-order valence-corrected chi connectivity index (χ0v) is 18.6. The third kappa shape index (κ3) is 7.34. The SMILES string of the molecule is CC(Nc1ccc(NC(=O)CN2CCOCC2)cc1)C(=O)Nc1ccc(Cl)cc1C(F)(F)F. The topological polar surface area (TPSA) is 82.7 Å². The summed E-state index contributed by atoms with van der Waals surface area (Å²) in [5.41, 5.74) is -0.237. The fraction of sp³-hybridized carbons (Fsp3) is 0.364. The monoisotopic (exact) mass is 484 g/mol. The molecule has 2 aromatic carbocycles. The summed E-state index contributed by atoms with van der Waals surface area (Å²) in [6, 6.07) is 9.00. The number of carbonyl (C=O) groups excluding carboxylic acids is 2. The van der Waals surface area contributed by atoms with Gasteiger partial charge in [-0.05, 0) is 49.4 Å². The number of ether oxygens (including phenoxy) is 1. The van der Waals surface area contributed by atoms with Crippen molar-refractivity contribution in [2.75, 3.05) is 48.8 Å². The molecule has 1 atom stereocenters. The van der Waals surface area contributed by atoms with Crippen molar-refractivity contribution in [1.29, 1.82) is 0 Å². The van der Waals surface area contributed by atoms with E-state index in [1.165, 1.54) is 13.0 Å². The highest BCUT2D eigenvalue weighted by molar-refractivity contribution is 6.30. The molecular formula is C22H24ClF3N4O3. The molecule has 1 fully saturated rings. The Labute approximate surface area is 194 Å². The van der Waals surface area contributed by atoms with Gasteiger partial charge in [0.05, 0.1) is 31.0 Å². The number of halogens is 4. The minimum Gasteiger partial charge on any atom is -0.379 e. The summed E-state index contributed by atoms with van der Waals surface area (Å²) in [6.45, 7) is 4.42. The minimum atomic E-state index is -4.66. The van der Waals surface area contributed by atoms with Gasteiger partial charge in [-0.2, -0.15) is 13.2 Å². The Balaban J connectivity index is 1.54. The number of hydrogen-bond acceptors (Lipinski definition) is 5. The fourth-order valence-corrected chi connectivity index (χ4v) is 3.40. The molecule has 0 radical (unpaired) electrons. The molecule has 1 heterocycles. The van der Waals surface area contributed by atoms with Crippen molar-refractivity contribution in [2.45, 2.75) is 19.1 Å². The van der Waals surface area contributed by atoms with E-state index in [9.17, 15) is 22.8 Å². The van der Waals surface area contributed by atoms with Crippen LogP contribution < -0.4 is 16.0 Å². The van der Waals surface area contributed by atoms with Crippen LogP contribution in [0.15, 0.2) is 42.5 Å². The third-order valence-corrected chi connectivity index (χ3v) is 5.20. The van der Waals surface area contributed by atoms with E-state index < -0.39 is 23.7 Å². The lowest BCUT2D eigenvalue weighted by Gasteiger charge is -2.25. The Morgan fingerprint density at radius 2 is 1.70 bits per heavy atom. The number of anilines is 3.